The fourth-order valence-corrected chi connectivity index (χ4v) is 3.59. The molecule has 0 unspecified atom stereocenters. The lowest BCUT2D eigenvalue weighted by molar-refractivity contribution is -0.384. The third-order valence-electron chi connectivity index (χ3n) is 5.07. The minimum absolute atomic E-state index is 0.0649. The van der Waals surface area contributed by atoms with E-state index in [1.54, 1.807) is 19.1 Å². The molecule has 0 atom stereocenters. The average Bonchev–Trinajstić information content (AvgIpc) is 2.65. The van der Waals surface area contributed by atoms with Gasteiger partial charge in [-0.15, -0.1) is 0 Å². The lowest BCUT2D eigenvalue weighted by Crippen LogP contribution is -2.39. The molecule has 0 bridgehead atoms. The topological polar surface area (TPSA) is 75.5 Å². The molecule has 1 heterocycles. The van der Waals surface area contributed by atoms with Gasteiger partial charge in [0.1, 0.15) is 5.69 Å². The largest absolute Gasteiger partial charge is 0.319 e. The van der Waals surface area contributed by atoms with E-state index in [0.717, 1.165) is 37.9 Å². The molecule has 1 N–H and O–H groups in total. The van der Waals surface area contributed by atoms with Gasteiger partial charge in [0.25, 0.3) is 5.69 Å². The van der Waals surface area contributed by atoms with E-state index in [0.29, 0.717) is 5.92 Å². The summed E-state index contributed by atoms with van der Waals surface area (Å²) < 4.78 is 0. The van der Waals surface area contributed by atoms with Gasteiger partial charge in [0.05, 0.1) is 11.5 Å². The molecule has 3 rings (SSSR count). The van der Waals surface area contributed by atoms with E-state index in [4.69, 9.17) is 0 Å². The number of hydrogen-bond donors (Lipinski definition) is 1. The second-order valence-corrected chi connectivity index (χ2v) is 7.24. The Kier molecular flexibility index (Phi) is 6.19. The van der Waals surface area contributed by atoms with Crippen LogP contribution in [-0.4, -0.2) is 35.4 Å². The summed E-state index contributed by atoms with van der Waals surface area (Å²) in [6, 6.07) is 15.3. The molecule has 6 heteroatoms. The average molecular weight is 367 g/mol. The quantitative estimate of drug-likeness (QED) is 0.622. The standard InChI is InChI=1S/C21H25N3O3/c1-16-7-8-19(20(13-16)24(26)27)22-21(25)15-23-11-9-18(10-12-23)14-17-5-3-2-4-6-17/h2-8,13,18H,9-12,14-15H2,1H3,(H,22,25). The molecule has 1 amide bonds. The molecule has 0 spiro atoms. The Morgan fingerprint density at radius 2 is 1.89 bits per heavy atom. The van der Waals surface area contributed by atoms with Gasteiger partial charge in [-0.1, -0.05) is 36.4 Å². The summed E-state index contributed by atoms with van der Waals surface area (Å²) >= 11 is 0. The van der Waals surface area contributed by atoms with Crippen LogP contribution in [0.15, 0.2) is 48.5 Å². The van der Waals surface area contributed by atoms with Crippen molar-refractivity contribution in [2.45, 2.75) is 26.2 Å². The number of carbonyl (C=O) groups is 1. The van der Waals surface area contributed by atoms with Gasteiger partial charge in [-0.05, 0) is 62.4 Å². The maximum Gasteiger partial charge on any atom is 0.293 e. The number of hydrogen-bond acceptors (Lipinski definition) is 4. The van der Waals surface area contributed by atoms with Crippen molar-refractivity contribution in [3.05, 3.63) is 69.8 Å². The van der Waals surface area contributed by atoms with Crippen molar-refractivity contribution in [2.75, 3.05) is 25.0 Å². The molecule has 0 aliphatic carbocycles. The van der Waals surface area contributed by atoms with Gasteiger partial charge in [-0.3, -0.25) is 19.8 Å². The molecule has 0 radical (unpaired) electrons. The molecule has 2 aromatic carbocycles. The number of benzene rings is 2. The second-order valence-electron chi connectivity index (χ2n) is 7.24. The number of likely N-dealkylation sites (tertiary alicyclic amines) is 1. The molecule has 1 fully saturated rings. The zero-order valence-corrected chi connectivity index (χ0v) is 15.6. The van der Waals surface area contributed by atoms with Gasteiger partial charge in [-0.2, -0.15) is 0 Å². The number of aryl methyl sites for hydroxylation is 1. The zero-order valence-electron chi connectivity index (χ0n) is 15.6. The minimum Gasteiger partial charge on any atom is -0.319 e. The minimum atomic E-state index is -0.461. The number of nitrogens with zero attached hydrogens (tertiary/aromatic N) is 2. The van der Waals surface area contributed by atoms with E-state index in [1.807, 2.05) is 6.07 Å². The highest BCUT2D eigenvalue weighted by Crippen LogP contribution is 2.26. The highest BCUT2D eigenvalue weighted by molar-refractivity contribution is 5.94. The first-order valence-corrected chi connectivity index (χ1v) is 9.32. The van der Waals surface area contributed by atoms with Crippen LogP contribution in [0.1, 0.15) is 24.0 Å². The normalized spacial score (nSPS) is 15.4. The molecule has 27 heavy (non-hydrogen) atoms. The molecule has 1 saturated heterocycles. The Hall–Kier alpha value is -2.73. The van der Waals surface area contributed by atoms with Gasteiger partial charge in [-0.25, -0.2) is 0 Å². The Morgan fingerprint density at radius 3 is 2.56 bits per heavy atom. The van der Waals surface area contributed by atoms with Gasteiger partial charge in [0, 0.05) is 6.07 Å². The molecule has 0 aromatic heterocycles. The lowest BCUT2D eigenvalue weighted by Gasteiger charge is -2.31. The number of nitro benzene ring substituents is 1. The number of nitrogens with one attached hydrogen (secondary N) is 1. The number of rotatable bonds is 6. The van der Waals surface area contributed by atoms with Gasteiger partial charge in [0.2, 0.25) is 5.91 Å². The van der Waals surface area contributed by atoms with Crippen LogP contribution >= 0.6 is 0 Å². The number of piperidine rings is 1. The Morgan fingerprint density at radius 1 is 1.19 bits per heavy atom. The SMILES string of the molecule is Cc1ccc(NC(=O)CN2CCC(Cc3ccccc3)CC2)c([N+](=O)[O-])c1. The molecule has 1 aliphatic rings. The predicted octanol–water partition coefficient (Wildman–Crippen LogP) is 3.80. The molecular formula is C21H25N3O3. The maximum absolute atomic E-state index is 12.3. The summed E-state index contributed by atoms with van der Waals surface area (Å²) in [6.07, 6.45) is 3.20. The lowest BCUT2D eigenvalue weighted by atomic mass is 9.90. The summed E-state index contributed by atoms with van der Waals surface area (Å²) in [6.45, 7) is 3.81. The summed E-state index contributed by atoms with van der Waals surface area (Å²) in [5.74, 6) is 0.438. The van der Waals surface area contributed by atoms with E-state index in [9.17, 15) is 14.9 Å². The number of anilines is 1. The van der Waals surface area contributed by atoms with Crippen molar-refractivity contribution in [1.82, 2.24) is 4.90 Å². The summed E-state index contributed by atoms with van der Waals surface area (Å²) in [5.41, 5.74) is 2.35. The van der Waals surface area contributed by atoms with Gasteiger partial charge >= 0.3 is 0 Å². The van der Waals surface area contributed by atoms with E-state index in [-0.39, 0.29) is 23.8 Å². The fraction of sp³-hybridized carbons (Fsp3) is 0.381. The summed E-state index contributed by atoms with van der Waals surface area (Å²) in [4.78, 5) is 25.2. The molecular weight excluding hydrogens is 342 g/mol. The Balaban J connectivity index is 1.49. The van der Waals surface area contributed by atoms with Crippen LogP contribution in [0.3, 0.4) is 0 Å². The third-order valence-corrected chi connectivity index (χ3v) is 5.07. The zero-order chi connectivity index (χ0) is 19.2. The van der Waals surface area contributed by atoms with Crippen LogP contribution in [0.4, 0.5) is 11.4 Å². The molecule has 1 aliphatic heterocycles. The molecule has 142 valence electrons. The highest BCUT2D eigenvalue weighted by Gasteiger charge is 2.22. The molecule has 6 nitrogen and oxygen atoms in total. The highest BCUT2D eigenvalue weighted by atomic mass is 16.6. The van der Waals surface area contributed by atoms with E-state index in [1.165, 1.54) is 11.6 Å². The first kappa shape index (κ1) is 19.0. The number of amides is 1. The van der Waals surface area contributed by atoms with Crippen molar-refractivity contribution in [3.8, 4) is 0 Å². The smallest absolute Gasteiger partial charge is 0.293 e. The van der Waals surface area contributed by atoms with Crippen LogP contribution < -0.4 is 5.32 Å². The Labute approximate surface area is 159 Å². The fourth-order valence-electron chi connectivity index (χ4n) is 3.59. The first-order chi connectivity index (χ1) is 13.0. The van der Waals surface area contributed by atoms with E-state index in [2.05, 4.69) is 34.5 Å². The van der Waals surface area contributed by atoms with Gasteiger partial charge in [0.15, 0.2) is 0 Å². The van der Waals surface area contributed by atoms with Crippen molar-refractivity contribution >= 4 is 17.3 Å². The van der Waals surface area contributed by atoms with Crippen LogP contribution in [0.25, 0.3) is 0 Å². The van der Waals surface area contributed by atoms with Crippen LogP contribution in [-0.2, 0) is 11.2 Å². The second kappa shape index (κ2) is 8.77. The van der Waals surface area contributed by atoms with Crippen LogP contribution in [0.5, 0.6) is 0 Å². The molecule has 0 saturated carbocycles. The van der Waals surface area contributed by atoms with Crippen LogP contribution in [0, 0.1) is 23.0 Å². The van der Waals surface area contributed by atoms with E-state index < -0.39 is 4.92 Å². The van der Waals surface area contributed by atoms with Crippen molar-refractivity contribution in [3.63, 3.8) is 0 Å². The first-order valence-electron chi connectivity index (χ1n) is 9.32. The van der Waals surface area contributed by atoms with Crippen LogP contribution in [0.2, 0.25) is 0 Å². The summed E-state index contributed by atoms with van der Waals surface area (Å²) in [5, 5.41) is 13.9. The predicted molar refractivity (Wildman–Crippen MR) is 106 cm³/mol. The van der Waals surface area contributed by atoms with Crippen molar-refractivity contribution < 1.29 is 9.72 Å². The molecule has 2 aromatic rings. The monoisotopic (exact) mass is 367 g/mol. The Bertz CT molecular complexity index is 800. The van der Waals surface area contributed by atoms with Gasteiger partial charge < -0.3 is 5.32 Å². The van der Waals surface area contributed by atoms with Crippen molar-refractivity contribution in [2.24, 2.45) is 5.92 Å². The third kappa shape index (κ3) is 5.37. The summed E-state index contributed by atoms with van der Waals surface area (Å²) in [7, 11) is 0. The number of carbonyl (C=O) groups excluding carboxylic acids is 1. The maximum atomic E-state index is 12.3. The van der Waals surface area contributed by atoms with E-state index >= 15 is 0 Å². The van der Waals surface area contributed by atoms with Crippen molar-refractivity contribution in [1.29, 1.82) is 0 Å². The number of nitro groups is 1.